The highest BCUT2D eigenvalue weighted by molar-refractivity contribution is 5.73. The lowest BCUT2D eigenvalue weighted by Crippen LogP contribution is -2.19. The third-order valence-corrected chi connectivity index (χ3v) is 1.53. The standard InChI is InChI=1S/C7H13NO4/c1-5(7(10)12-8)3-4-6(9)11-2/h5H,3-4,8H2,1-2H3. The summed E-state index contributed by atoms with van der Waals surface area (Å²) in [5.74, 6) is 3.42. The van der Waals surface area contributed by atoms with Crippen LogP contribution < -0.4 is 5.90 Å². The van der Waals surface area contributed by atoms with Crippen molar-refractivity contribution in [2.24, 2.45) is 11.8 Å². The summed E-state index contributed by atoms with van der Waals surface area (Å²) >= 11 is 0. The number of hydrogen-bond acceptors (Lipinski definition) is 5. The molecule has 5 nitrogen and oxygen atoms in total. The van der Waals surface area contributed by atoms with Gasteiger partial charge in [-0.05, 0) is 6.42 Å². The van der Waals surface area contributed by atoms with Gasteiger partial charge in [0.15, 0.2) is 0 Å². The average Bonchev–Trinajstić information content (AvgIpc) is 2.11. The van der Waals surface area contributed by atoms with Crippen LogP contribution in [0.1, 0.15) is 19.8 Å². The second-order valence-electron chi connectivity index (χ2n) is 2.45. The summed E-state index contributed by atoms with van der Waals surface area (Å²) in [6.45, 7) is 1.64. The SMILES string of the molecule is COC(=O)CCC(C)C(=O)ON. The van der Waals surface area contributed by atoms with Crippen molar-refractivity contribution in [3.63, 3.8) is 0 Å². The summed E-state index contributed by atoms with van der Waals surface area (Å²) in [4.78, 5) is 25.3. The van der Waals surface area contributed by atoms with E-state index in [0.717, 1.165) is 0 Å². The van der Waals surface area contributed by atoms with Crippen LogP contribution in [0.25, 0.3) is 0 Å². The Hall–Kier alpha value is -1.10. The zero-order valence-corrected chi connectivity index (χ0v) is 7.20. The van der Waals surface area contributed by atoms with Crippen LogP contribution in [0.4, 0.5) is 0 Å². The molecule has 0 aromatic rings. The number of rotatable bonds is 4. The van der Waals surface area contributed by atoms with Gasteiger partial charge in [0, 0.05) is 6.42 Å². The second kappa shape index (κ2) is 5.54. The molecule has 2 N–H and O–H groups in total. The molecule has 0 spiro atoms. The zero-order valence-electron chi connectivity index (χ0n) is 7.20. The van der Waals surface area contributed by atoms with Crippen LogP contribution in [0.5, 0.6) is 0 Å². The molecular formula is C7H13NO4. The van der Waals surface area contributed by atoms with E-state index in [1.165, 1.54) is 7.11 Å². The zero-order chi connectivity index (χ0) is 9.56. The number of hydrogen-bond donors (Lipinski definition) is 1. The summed E-state index contributed by atoms with van der Waals surface area (Å²) in [6.07, 6.45) is 0.593. The second-order valence-corrected chi connectivity index (χ2v) is 2.45. The van der Waals surface area contributed by atoms with Gasteiger partial charge in [0.25, 0.3) is 0 Å². The summed E-state index contributed by atoms with van der Waals surface area (Å²) < 4.78 is 4.39. The van der Waals surface area contributed by atoms with Crippen molar-refractivity contribution in [1.29, 1.82) is 0 Å². The molecule has 0 fully saturated rings. The Balaban J connectivity index is 3.63. The highest BCUT2D eigenvalue weighted by Crippen LogP contribution is 2.06. The molecule has 0 aliphatic carbocycles. The highest BCUT2D eigenvalue weighted by Gasteiger charge is 2.15. The Labute approximate surface area is 70.8 Å². The van der Waals surface area contributed by atoms with E-state index in [2.05, 4.69) is 15.5 Å². The first-order valence-electron chi connectivity index (χ1n) is 3.59. The monoisotopic (exact) mass is 175 g/mol. The molecule has 0 saturated heterocycles. The van der Waals surface area contributed by atoms with Crippen LogP contribution in [0, 0.1) is 5.92 Å². The number of esters is 1. The van der Waals surface area contributed by atoms with Gasteiger partial charge in [-0.1, -0.05) is 6.92 Å². The van der Waals surface area contributed by atoms with Crippen molar-refractivity contribution >= 4 is 11.9 Å². The minimum atomic E-state index is -0.515. The Morgan fingerprint density at radius 2 is 2.08 bits per heavy atom. The van der Waals surface area contributed by atoms with Gasteiger partial charge < -0.3 is 9.57 Å². The van der Waals surface area contributed by atoms with Crippen molar-refractivity contribution in [3.8, 4) is 0 Å². The van der Waals surface area contributed by atoms with Crippen LogP contribution in [0.2, 0.25) is 0 Å². The number of methoxy groups -OCH3 is 1. The van der Waals surface area contributed by atoms with Crippen molar-refractivity contribution in [1.82, 2.24) is 0 Å². The Kier molecular flexibility index (Phi) is 5.03. The lowest BCUT2D eigenvalue weighted by Gasteiger charge is -2.06. The smallest absolute Gasteiger partial charge is 0.327 e. The number of carbonyl (C=O) groups excluding carboxylic acids is 2. The minimum absolute atomic E-state index is 0.201. The molecule has 0 aliphatic rings. The lowest BCUT2D eigenvalue weighted by molar-refractivity contribution is -0.149. The third kappa shape index (κ3) is 3.92. The maximum Gasteiger partial charge on any atom is 0.327 e. The molecule has 0 radical (unpaired) electrons. The number of carbonyl (C=O) groups is 2. The summed E-state index contributed by atoms with van der Waals surface area (Å²) in [5, 5.41) is 0. The molecular weight excluding hydrogens is 162 g/mol. The molecule has 0 amide bonds. The van der Waals surface area contributed by atoms with Gasteiger partial charge in [-0.2, -0.15) is 5.90 Å². The quantitative estimate of drug-likeness (QED) is 0.480. The van der Waals surface area contributed by atoms with Crippen LogP contribution in [-0.4, -0.2) is 19.0 Å². The highest BCUT2D eigenvalue weighted by atomic mass is 16.7. The molecule has 0 bridgehead atoms. The third-order valence-electron chi connectivity index (χ3n) is 1.53. The topological polar surface area (TPSA) is 78.6 Å². The molecule has 0 heterocycles. The molecule has 0 aliphatic heterocycles. The van der Waals surface area contributed by atoms with E-state index in [0.29, 0.717) is 6.42 Å². The maximum absolute atomic E-state index is 10.7. The summed E-state index contributed by atoms with van der Waals surface area (Å²) in [7, 11) is 1.30. The molecule has 1 atom stereocenters. The van der Waals surface area contributed by atoms with Crippen LogP contribution in [0.3, 0.4) is 0 Å². The predicted molar refractivity (Wildman–Crippen MR) is 40.7 cm³/mol. The first-order chi connectivity index (χ1) is 5.61. The Morgan fingerprint density at radius 3 is 2.50 bits per heavy atom. The molecule has 1 unspecified atom stereocenters. The van der Waals surface area contributed by atoms with E-state index in [9.17, 15) is 9.59 Å². The summed E-state index contributed by atoms with van der Waals surface area (Å²) in [6, 6.07) is 0. The van der Waals surface area contributed by atoms with Crippen molar-refractivity contribution < 1.29 is 19.2 Å². The minimum Gasteiger partial charge on any atom is -0.469 e. The van der Waals surface area contributed by atoms with Gasteiger partial charge >= 0.3 is 11.9 Å². The summed E-state index contributed by atoms with van der Waals surface area (Å²) in [5.41, 5.74) is 0. The largest absolute Gasteiger partial charge is 0.469 e. The number of ether oxygens (including phenoxy) is 1. The van der Waals surface area contributed by atoms with E-state index in [-0.39, 0.29) is 18.3 Å². The van der Waals surface area contributed by atoms with Gasteiger partial charge in [0.1, 0.15) is 0 Å². The first-order valence-corrected chi connectivity index (χ1v) is 3.59. The van der Waals surface area contributed by atoms with Crippen LogP contribution >= 0.6 is 0 Å². The fourth-order valence-corrected chi connectivity index (χ4v) is 0.670. The van der Waals surface area contributed by atoms with E-state index >= 15 is 0 Å². The molecule has 0 rings (SSSR count). The van der Waals surface area contributed by atoms with E-state index in [1.807, 2.05) is 0 Å². The van der Waals surface area contributed by atoms with Gasteiger partial charge in [-0.15, -0.1) is 0 Å². The van der Waals surface area contributed by atoms with Crippen molar-refractivity contribution in [3.05, 3.63) is 0 Å². The lowest BCUT2D eigenvalue weighted by atomic mass is 10.1. The molecule has 0 aromatic heterocycles. The first kappa shape index (κ1) is 10.9. The fraction of sp³-hybridized carbons (Fsp3) is 0.714. The molecule has 12 heavy (non-hydrogen) atoms. The van der Waals surface area contributed by atoms with E-state index < -0.39 is 5.97 Å². The average molecular weight is 175 g/mol. The molecule has 0 aromatic carbocycles. The van der Waals surface area contributed by atoms with Crippen LogP contribution in [-0.2, 0) is 19.2 Å². The predicted octanol–water partition coefficient (Wildman–Crippen LogP) is -0.00740. The molecule has 0 saturated carbocycles. The number of nitrogens with two attached hydrogens (primary N) is 1. The molecule has 5 heteroatoms. The Bertz CT molecular complexity index is 169. The Morgan fingerprint density at radius 1 is 1.50 bits per heavy atom. The maximum atomic E-state index is 10.7. The van der Waals surface area contributed by atoms with Crippen LogP contribution in [0.15, 0.2) is 0 Å². The van der Waals surface area contributed by atoms with Gasteiger partial charge in [-0.3, -0.25) is 9.59 Å². The van der Waals surface area contributed by atoms with E-state index in [1.54, 1.807) is 6.92 Å². The van der Waals surface area contributed by atoms with Gasteiger partial charge in [-0.25, -0.2) is 0 Å². The molecule has 70 valence electrons. The van der Waals surface area contributed by atoms with Crippen molar-refractivity contribution in [2.45, 2.75) is 19.8 Å². The van der Waals surface area contributed by atoms with Crippen molar-refractivity contribution in [2.75, 3.05) is 7.11 Å². The van der Waals surface area contributed by atoms with E-state index in [4.69, 9.17) is 0 Å². The normalized spacial score (nSPS) is 11.9. The van der Waals surface area contributed by atoms with Gasteiger partial charge in [0.05, 0.1) is 13.0 Å². The fourth-order valence-electron chi connectivity index (χ4n) is 0.670. The van der Waals surface area contributed by atoms with Gasteiger partial charge in [0.2, 0.25) is 0 Å².